The van der Waals surface area contributed by atoms with Gasteiger partial charge in [0.05, 0.1) is 11.9 Å². The molecule has 4 rings (SSSR count). The molecule has 136 valence electrons. The third-order valence-electron chi connectivity index (χ3n) is 4.39. The zero-order valence-corrected chi connectivity index (χ0v) is 15.6. The molecule has 26 heavy (non-hydrogen) atoms. The molecular formula is C16H17N5O3S2. The summed E-state index contributed by atoms with van der Waals surface area (Å²) < 4.78 is 24.9. The van der Waals surface area contributed by atoms with Crippen molar-refractivity contribution in [2.45, 2.75) is 18.9 Å². The lowest BCUT2D eigenvalue weighted by Gasteiger charge is -2.20. The van der Waals surface area contributed by atoms with Gasteiger partial charge in [0.25, 0.3) is 0 Å². The molecule has 0 spiro atoms. The Balaban J connectivity index is 1.55. The third-order valence-corrected chi connectivity index (χ3v) is 6.44. The summed E-state index contributed by atoms with van der Waals surface area (Å²) in [5, 5.41) is 6.01. The highest BCUT2D eigenvalue weighted by atomic mass is 32.2. The minimum Gasteiger partial charge on any atom is -0.345 e. The van der Waals surface area contributed by atoms with Crippen LogP contribution in [-0.2, 0) is 14.8 Å². The van der Waals surface area contributed by atoms with E-state index in [4.69, 9.17) is 0 Å². The van der Waals surface area contributed by atoms with Crippen molar-refractivity contribution in [1.29, 1.82) is 0 Å². The molecule has 0 aliphatic carbocycles. The second kappa shape index (κ2) is 6.45. The Kier molecular flexibility index (Phi) is 4.25. The van der Waals surface area contributed by atoms with Crippen molar-refractivity contribution in [3.8, 4) is 11.3 Å². The molecule has 3 aromatic rings. The number of rotatable bonds is 4. The van der Waals surface area contributed by atoms with Crippen LogP contribution in [0.1, 0.15) is 12.8 Å². The summed E-state index contributed by atoms with van der Waals surface area (Å²) in [5.74, 6) is -0.339. The van der Waals surface area contributed by atoms with E-state index in [1.54, 1.807) is 6.20 Å². The predicted octanol–water partition coefficient (Wildman–Crippen LogP) is 2.05. The number of anilines is 1. The topological polar surface area (TPSA) is 108 Å². The van der Waals surface area contributed by atoms with Gasteiger partial charge in [-0.2, -0.15) is 4.31 Å². The first-order valence-electron chi connectivity index (χ1n) is 8.09. The van der Waals surface area contributed by atoms with Gasteiger partial charge in [0, 0.05) is 35.3 Å². The number of hydrogen-bond donors (Lipinski definition) is 2. The number of pyridine rings is 1. The maximum Gasteiger partial charge on any atom is 0.244 e. The van der Waals surface area contributed by atoms with Crippen LogP contribution in [0.5, 0.6) is 0 Å². The maximum absolute atomic E-state index is 12.5. The van der Waals surface area contributed by atoms with Gasteiger partial charge in [-0.25, -0.2) is 18.4 Å². The molecule has 0 saturated carbocycles. The van der Waals surface area contributed by atoms with E-state index in [0.717, 1.165) is 28.5 Å². The Hall–Kier alpha value is -2.30. The van der Waals surface area contributed by atoms with E-state index in [1.165, 1.54) is 15.6 Å². The summed E-state index contributed by atoms with van der Waals surface area (Å²) in [4.78, 5) is 24.3. The highest BCUT2D eigenvalue weighted by molar-refractivity contribution is 7.88. The standard InChI is InChI=1S/C16H17N5O3S2/c1-26(23,24)21-7-3-5-13(21)15(22)20-16-19-12(9-25-16)11-8-18-14-10(11)4-2-6-17-14/h2,4,6,8-9,13H,3,5,7H2,1H3,(H,17,18)(H,19,20,22). The quantitative estimate of drug-likeness (QED) is 0.708. The summed E-state index contributed by atoms with van der Waals surface area (Å²) in [6.07, 6.45) is 5.87. The number of aromatic amines is 1. The van der Waals surface area contributed by atoms with Gasteiger partial charge in [-0.1, -0.05) is 0 Å². The Bertz CT molecular complexity index is 1070. The molecule has 3 aromatic heterocycles. The predicted molar refractivity (Wildman–Crippen MR) is 100 cm³/mol. The van der Waals surface area contributed by atoms with Crippen LogP contribution in [0.15, 0.2) is 29.9 Å². The van der Waals surface area contributed by atoms with E-state index in [9.17, 15) is 13.2 Å². The van der Waals surface area contributed by atoms with E-state index in [2.05, 4.69) is 20.3 Å². The van der Waals surface area contributed by atoms with Crippen molar-refractivity contribution in [3.63, 3.8) is 0 Å². The number of amides is 1. The highest BCUT2D eigenvalue weighted by Gasteiger charge is 2.36. The van der Waals surface area contributed by atoms with Gasteiger partial charge < -0.3 is 10.3 Å². The van der Waals surface area contributed by atoms with Gasteiger partial charge in [0.15, 0.2) is 5.13 Å². The molecule has 2 N–H and O–H groups in total. The molecule has 1 atom stereocenters. The van der Waals surface area contributed by atoms with Crippen molar-refractivity contribution >= 4 is 43.4 Å². The second-order valence-electron chi connectivity index (χ2n) is 6.16. The van der Waals surface area contributed by atoms with E-state index in [-0.39, 0.29) is 5.91 Å². The van der Waals surface area contributed by atoms with Gasteiger partial charge in [0.2, 0.25) is 15.9 Å². The van der Waals surface area contributed by atoms with Crippen molar-refractivity contribution in [2.75, 3.05) is 18.1 Å². The van der Waals surface area contributed by atoms with Gasteiger partial charge in [-0.15, -0.1) is 11.3 Å². The number of carbonyl (C=O) groups excluding carboxylic acids is 1. The number of thiazole rings is 1. The molecular weight excluding hydrogens is 374 g/mol. The Morgan fingerprint density at radius 3 is 3.12 bits per heavy atom. The number of H-pyrrole nitrogens is 1. The van der Waals surface area contributed by atoms with Crippen molar-refractivity contribution in [3.05, 3.63) is 29.9 Å². The summed E-state index contributed by atoms with van der Waals surface area (Å²) >= 11 is 1.31. The van der Waals surface area contributed by atoms with Gasteiger partial charge in [-0.05, 0) is 25.0 Å². The fourth-order valence-corrected chi connectivity index (χ4v) is 5.05. The fraction of sp³-hybridized carbons (Fsp3) is 0.312. The van der Waals surface area contributed by atoms with E-state index >= 15 is 0 Å². The summed E-state index contributed by atoms with van der Waals surface area (Å²) in [5.41, 5.74) is 2.41. The smallest absolute Gasteiger partial charge is 0.244 e. The molecule has 1 fully saturated rings. The number of nitrogens with one attached hydrogen (secondary N) is 2. The van der Waals surface area contributed by atoms with Crippen LogP contribution in [0.3, 0.4) is 0 Å². The van der Waals surface area contributed by atoms with Crippen LogP contribution in [0.4, 0.5) is 5.13 Å². The first-order chi connectivity index (χ1) is 12.4. The molecule has 4 heterocycles. The fourth-order valence-electron chi connectivity index (χ4n) is 3.21. The molecule has 1 saturated heterocycles. The van der Waals surface area contributed by atoms with Crippen LogP contribution >= 0.6 is 11.3 Å². The Labute approximate surface area is 154 Å². The molecule has 0 bridgehead atoms. The third kappa shape index (κ3) is 3.11. The van der Waals surface area contributed by atoms with Crippen LogP contribution in [-0.4, -0.2) is 52.4 Å². The van der Waals surface area contributed by atoms with Crippen LogP contribution < -0.4 is 5.32 Å². The summed E-state index contributed by atoms with van der Waals surface area (Å²) in [6.45, 7) is 0.377. The van der Waals surface area contributed by atoms with Crippen molar-refractivity contribution < 1.29 is 13.2 Å². The highest BCUT2D eigenvalue weighted by Crippen LogP contribution is 2.30. The van der Waals surface area contributed by atoms with E-state index < -0.39 is 16.1 Å². The largest absolute Gasteiger partial charge is 0.345 e. The average molecular weight is 391 g/mol. The van der Waals surface area contributed by atoms with E-state index in [1.807, 2.05) is 23.7 Å². The average Bonchev–Trinajstić information content (AvgIpc) is 3.32. The normalized spacial score (nSPS) is 18.4. The second-order valence-corrected chi connectivity index (χ2v) is 8.95. The molecule has 10 heteroatoms. The minimum absolute atomic E-state index is 0.339. The number of aromatic nitrogens is 3. The van der Waals surface area contributed by atoms with Crippen LogP contribution in [0.2, 0.25) is 0 Å². The lowest BCUT2D eigenvalue weighted by Crippen LogP contribution is -2.42. The Morgan fingerprint density at radius 2 is 2.31 bits per heavy atom. The lowest BCUT2D eigenvalue weighted by molar-refractivity contribution is -0.119. The van der Waals surface area contributed by atoms with Crippen LogP contribution in [0.25, 0.3) is 22.3 Å². The van der Waals surface area contributed by atoms with Gasteiger partial charge in [0.1, 0.15) is 11.7 Å². The minimum atomic E-state index is -3.40. The molecule has 1 unspecified atom stereocenters. The maximum atomic E-state index is 12.5. The zero-order chi connectivity index (χ0) is 18.3. The monoisotopic (exact) mass is 391 g/mol. The number of carbonyl (C=O) groups is 1. The summed E-state index contributed by atoms with van der Waals surface area (Å²) in [7, 11) is -3.40. The number of nitrogens with zero attached hydrogens (tertiary/aromatic N) is 3. The molecule has 1 aliphatic heterocycles. The van der Waals surface area contributed by atoms with Gasteiger partial charge >= 0.3 is 0 Å². The molecule has 0 aromatic carbocycles. The number of hydrogen-bond acceptors (Lipinski definition) is 6. The number of fused-ring (bicyclic) bond motifs is 1. The van der Waals surface area contributed by atoms with Crippen molar-refractivity contribution in [1.82, 2.24) is 19.3 Å². The molecule has 1 aliphatic rings. The summed E-state index contributed by atoms with van der Waals surface area (Å²) in [6, 6.07) is 3.14. The Morgan fingerprint density at radius 1 is 1.46 bits per heavy atom. The molecule has 0 radical (unpaired) electrons. The SMILES string of the molecule is CS(=O)(=O)N1CCCC1C(=O)Nc1nc(-c2c[nH]c3ncccc23)cs1. The van der Waals surface area contributed by atoms with Crippen LogP contribution in [0, 0.1) is 0 Å². The first-order valence-corrected chi connectivity index (χ1v) is 10.8. The van der Waals surface area contributed by atoms with E-state index in [0.29, 0.717) is 24.5 Å². The lowest BCUT2D eigenvalue weighted by atomic mass is 10.2. The first kappa shape index (κ1) is 17.1. The van der Waals surface area contributed by atoms with Crippen molar-refractivity contribution in [2.24, 2.45) is 0 Å². The molecule has 1 amide bonds. The number of sulfonamides is 1. The zero-order valence-electron chi connectivity index (χ0n) is 14.0. The molecule has 8 nitrogen and oxygen atoms in total. The van der Waals surface area contributed by atoms with Gasteiger partial charge in [-0.3, -0.25) is 4.79 Å².